The molecule has 5 heteroatoms. The third-order valence-electron chi connectivity index (χ3n) is 3.35. The highest BCUT2D eigenvalue weighted by molar-refractivity contribution is 9.10. The van der Waals surface area contributed by atoms with Crippen LogP contribution in [0.1, 0.15) is 23.7 Å². The lowest BCUT2D eigenvalue weighted by atomic mass is 10.0. The number of carbonyl (C=O) groups is 2. The zero-order valence-corrected chi connectivity index (χ0v) is 12.4. The first-order chi connectivity index (χ1) is 9.08. The minimum atomic E-state index is -0.273. The maximum atomic E-state index is 12.4. The number of hydrogen-bond donors (Lipinski definition) is 1. The maximum Gasteiger partial charge on any atom is 0.234 e. The highest BCUT2D eigenvalue weighted by Gasteiger charge is 2.25. The molecule has 1 unspecified atom stereocenters. The molecule has 1 aromatic rings. The van der Waals surface area contributed by atoms with Crippen LogP contribution in [0.2, 0.25) is 0 Å². The van der Waals surface area contributed by atoms with Gasteiger partial charge in [-0.15, -0.1) is 0 Å². The average Bonchev–Trinajstić information content (AvgIpc) is 2.62. The molecule has 1 aliphatic rings. The Balaban J connectivity index is 2.09. The van der Waals surface area contributed by atoms with Gasteiger partial charge >= 0.3 is 0 Å². The summed E-state index contributed by atoms with van der Waals surface area (Å²) in [6.45, 7) is 3.61. The summed E-state index contributed by atoms with van der Waals surface area (Å²) in [7, 11) is 0. The minimum Gasteiger partial charge on any atom is -0.355 e. The van der Waals surface area contributed by atoms with E-state index < -0.39 is 0 Å². The van der Waals surface area contributed by atoms with Gasteiger partial charge < -0.3 is 5.32 Å². The van der Waals surface area contributed by atoms with E-state index in [1.165, 1.54) is 0 Å². The number of halogens is 1. The van der Waals surface area contributed by atoms with Crippen LogP contribution in [0.15, 0.2) is 28.7 Å². The zero-order valence-electron chi connectivity index (χ0n) is 10.9. The predicted octanol–water partition coefficient (Wildman–Crippen LogP) is 1.84. The molecule has 19 heavy (non-hydrogen) atoms. The summed E-state index contributed by atoms with van der Waals surface area (Å²) >= 11 is 3.35. The molecule has 1 atom stereocenters. The summed E-state index contributed by atoms with van der Waals surface area (Å²) in [6.07, 6.45) is 0.879. The van der Waals surface area contributed by atoms with E-state index in [2.05, 4.69) is 21.2 Å². The lowest BCUT2D eigenvalue weighted by molar-refractivity contribution is -0.121. The molecule has 1 saturated heterocycles. The molecule has 0 bridgehead atoms. The lowest BCUT2D eigenvalue weighted by Crippen LogP contribution is -2.42. The van der Waals surface area contributed by atoms with Crippen molar-refractivity contribution in [3.05, 3.63) is 34.3 Å². The fourth-order valence-corrected chi connectivity index (χ4v) is 2.45. The minimum absolute atomic E-state index is 0.00652. The van der Waals surface area contributed by atoms with E-state index >= 15 is 0 Å². The fourth-order valence-electron chi connectivity index (χ4n) is 2.18. The van der Waals surface area contributed by atoms with E-state index in [1.54, 1.807) is 12.1 Å². The smallest absolute Gasteiger partial charge is 0.234 e. The summed E-state index contributed by atoms with van der Waals surface area (Å²) in [4.78, 5) is 25.9. The fraction of sp³-hybridized carbons (Fsp3) is 0.429. The highest BCUT2D eigenvalue weighted by Crippen LogP contribution is 2.14. The van der Waals surface area contributed by atoms with Crippen LogP contribution in [0.3, 0.4) is 0 Å². The van der Waals surface area contributed by atoms with E-state index in [0.717, 1.165) is 17.4 Å². The second-order valence-corrected chi connectivity index (χ2v) is 5.64. The van der Waals surface area contributed by atoms with Gasteiger partial charge in [-0.3, -0.25) is 14.5 Å². The summed E-state index contributed by atoms with van der Waals surface area (Å²) < 4.78 is 0.950. The third-order valence-corrected chi connectivity index (χ3v) is 3.88. The van der Waals surface area contributed by atoms with Gasteiger partial charge in [-0.05, 0) is 25.5 Å². The molecule has 1 amide bonds. The van der Waals surface area contributed by atoms with Crippen LogP contribution in [0.5, 0.6) is 0 Å². The van der Waals surface area contributed by atoms with Crippen molar-refractivity contribution in [3.8, 4) is 0 Å². The zero-order chi connectivity index (χ0) is 13.8. The summed E-state index contributed by atoms with van der Waals surface area (Å²) in [6, 6.07) is 7.05. The van der Waals surface area contributed by atoms with Gasteiger partial charge in [0.1, 0.15) is 0 Å². The molecule has 4 nitrogen and oxygen atoms in total. The third kappa shape index (κ3) is 3.64. The van der Waals surface area contributed by atoms with Crippen molar-refractivity contribution in [1.82, 2.24) is 10.2 Å². The Kier molecular flexibility index (Phi) is 4.71. The summed E-state index contributed by atoms with van der Waals surface area (Å²) in [5.41, 5.74) is 0.681. The first kappa shape index (κ1) is 14.2. The molecule has 0 aliphatic carbocycles. The van der Waals surface area contributed by atoms with Crippen molar-refractivity contribution in [3.63, 3.8) is 0 Å². The van der Waals surface area contributed by atoms with Crippen molar-refractivity contribution in [2.75, 3.05) is 19.6 Å². The van der Waals surface area contributed by atoms with Crippen molar-refractivity contribution in [2.24, 2.45) is 0 Å². The molecule has 1 aromatic carbocycles. The largest absolute Gasteiger partial charge is 0.355 e. The Morgan fingerprint density at radius 3 is 2.74 bits per heavy atom. The van der Waals surface area contributed by atoms with Crippen LogP contribution in [0, 0.1) is 0 Å². The first-order valence-electron chi connectivity index (χ1n) is 6.38. The first-order valence-corrected chi connectivity index (χ1v) is 7.18. The number of Topliss-reactive ketones (excluding diaryl/α,β-unsaturated/α-hetero) is 1. The van der Waals surface area contributed by atoms with Gasteiger partial charge in [0.05, 0.1) is 12.6 Å². The van der Waals surface area contributed by atoms with Gasteiger partial charge in [-0.25, -0.2) is 0 Å². The molecule has 0 aromatic heterocycles. The molecule has 1 aliphatic heterocycles. The van der Waals surface area contributed by atoms with Crippen LogP contribution in [-0.4, -0.2) is 42.3 Å². The Morgan fingerprint density at radius 1 is 1.37 bits per heavy atom. The van der Waals surface area contributed by atoms with Crippen molar-refractivity contribution >= 4 is 27.6 Å². The van der Waals surface area contributed by atoms with Crippen LogP contribution >= 0.6 is 15.9 Å². The Hall–Kier alpha value is -1.20. The van der Waals surface area contributed by atoms with Crippen LogP contribution in [-0.2, 0) is 4.79 Å². The number of hydrogen-bond acceptors (Lipinski definition) is 3. The monoisotopic (exact) mass is 324 g/mol. The standard InChI is InChI=1S/C14H17BrN2O2/c1-10(17-8-2-7-16-13(18)9-17)14(19)11-3-5-12(15)6-4-11/h3-6,10H,2,7-9H2,1H3,(H,16,18). The summed E-state index contributed by atoms with van der Waals surface area (Å²) in [5, 5.41) is 2.82. The van der Waals surface area contributed by atoms with Crippen molar-refractivity contribution < 1.29 is 9.59 Å². The summed E-state index contributed by atoms with van der Waals surface area (Å²) in [5.74, 6) is 0.0511. The Labute approximate surface area is 121 Å². The lowest BCUT2D eigenvalue weighted by Gasteiger charge is -2.25. The molecule has 0 spiro atoms. The predicted molar refractivity (Wildman–Crippen MR) is 77.1 cm³/mol. The van der Waals surface area contributed by atoms with E-state index in [0.29, 0.717) is 18.7 Å². The number of rotatable bonds is 3. The number of amides is 1. The van der Waals surface area contributed by atoms with Crippen LogP contribution in [0.25, 0.3) is 0 Å². The number of nitrogens with zero attached hydrogens (tertiary/aromatic N) is 1. The van der Waals surface area contributed by atoms with Gasteiger partial charge in [-0.2, -0.15) is 0 Å². The van der Waals surface area contributed by atoms with Crippen LogP contribution < -0.4 is 5.32 Å². The van der Waals surface area contributed by atoms with E-state index in [9.17, 15) is 9.59 Å². The van der Waals surface area contributed by atoms with Crippen LogP contribution in [0.4, 0.5) is 0 Å². The number of benzene rings is 1. The van der Waals surface area contributed by atoms with E-state index in [-0.39, 0.29) is 17.7 Å². The molecule has 1 fully saturated rings. The molecule has 0 radical (unpaired) electrons. The molecular formula is C14H17BrN2O2. The molecule has 1 heterocycles. The quantitative estimate of drug-likeness (QED) is 0.863. The topological polar surface area (TPSA) is 49.4 Å². The molecule has 0 saturated carbocycles. The van der Waals surface area contributed by atoms with Crippen molar-refractivity contribution in [1.29, 1.82) is 0 Å². The molecule has 2 rings (SSSR count). The Bertz CT molecular complexity index is 473. The number of carbonyl (C=O) groups excluding carboxylic acids is 2. The SMILES string of the molecule is CC(C(=O)c1ccc(Br)cc1)N1CCCNC(=O)C1. The highest BCUT2D eigenvalue weighted by atomic mass is 79.9. The van der Waals surface area contributed by atoms with Gasteiger partial charge in [0.25, 0.3) is 0 Å². The normalized spacial score (nSPS) is 18.5. The Morgan fingerprint density at radius 2 is 2.05 bits per heavy atom. The van der Waals surface area contributed by atoms with Gasteiger partial charge in [-0.1, -0.05) is 28.1 Å². The average molecular weight is 325 g/mol. The number of ketones is 1. The van der Waals surface area contributed by atoms with Gasteiger partial charge in [0, 0.05) is 23.1 Å². The van der Waals surface area contributed by atoms with E-state index in [1.807, 2.05) is 24.0 Å². The van der Waals surface area contributed by atoms with Gasteiger partial charge in [0.2, 0.25) is 5.91 Å². The van der Waals surface area contributed by atoms with Gasteiger partial charge in [0.15, 0.2) is 5.78 Å². The number of nitrogens with one attached hydrogen (secondary N) is 1. The molecule has 102 valence electrons. The molecular weight excluding hydrogens is 308 g/mol. The van der Waals surface area contributed by atoms with E-state index in [4.69, 9.17) is 0 Å². The maximum absolute atomic E-state index is 12.4. The second kappa shape index (κ2) is 6.30. The van der Waals surface area contributed by atoms with Crippen molar-refractivity contribution in [2.45, 2.75) is 19.4 Å². The molecule has 1 N–H and O–H groups in total. The second-order valence-electron chi connectivity index (χ2n) is 4.72.